The zero-order valence-electron chi connectivity index (χ0n) is 24.5. The predicted molar refractivity (Wildman–Crippen MR) is 112 cm³/mol. The van der Waals surface area contributed by atoms with E-state index in [0.717, 1.165) is 0 Å². The maximum absolute atomic E-state index is 13.9. The van der Waals surface area contributed by atoms with Gasteiger partial charge in [-0.3, -0.25) is 0 Å². The van der Waals surface area contributed by atoms with Gasteiger partial charge in [0.05, 0.1) is 0 Å². The Hall–Kier alpha value is -0.801. The van der Waals surface area contributed by atoms with Crippen molar-refractivity contribution in [3.63, 3.8) is 0 Å². The molecule has 0 spiro atoms. The number of hydrogen-bond donors (Lipinski definition) is 0. The van der Waals surface area contributed by atoms with E-state index in [-0.39, 0.29) is 0 Å². The minimum atomic E-state index is -8.98. The van der Waals surface area contributed by atoms with Crippen molar-refractivity contribution in [2.75, 3.05) is 0 Å². The Bertz CT molecular complexity index is 1250. The first-order chi connectivity index (χ1) is 23.7. The molecule has 0 unspecified atom stereocenters. The Kier molecular flexibility index (Phi) is 14.8. The van der Waals surface area contributed by atoms with Crippen molar-refractivity contribution in [3.8, 4) is 0 Å². The molecule has 0 aromatic carbocycles. The summed E-state index contributed by atoms with van der Waals surface area (Å²) in [5, 5.41) is 0. The summed E-state index contributed by atoms with van der Waals surface area (Å²) < 4.78 is 447. The van der Waals surface area contributed by atoms with Gasteiger partial charge in [-0.05, 0) is 0 Å². The van der Waals surface area contributed by atoms with Crippen molar-refractivity contribution in [1.29, 1.82) is 0 Å². The molecule has 0 aromatic heterocycles. The van der Waals surface area contributed by atoms with Crippen LogP contribution in [0.15, 0.2) is 0 Å². The molecular weight excluding hydrogens is 1140 g/mol. The van der Waals surface area contributed by atoms with Gasteiger partial charge in [-0.25, -0.2) is 0 Å². The average Bonchev–Trinajstić information content (AvgIpc) is 2.96. The molecular formula is C20H8F34Te2. The first-order valence-electron chi connectivity index (χ1n) is 12.4. The van der Waals surface area contributed by atoms with Crippen LogP contribution in [0, 0.1) is 0 Å². The quantitative estimate of drug-likeness (QED) is 0.0687. The van der Waals surface area contributed by atoms with Gasteiger partial charge in [0.1, 0.15) is 0 Å². The fourth-order valence-electron chi connectivity index (χ4n) is 3.16. The van der Waals surface area contributed by atoms with Crippen LogP contribution < -0.4 is 0 Å². The first kappa shape index (κ1) is 55.2. The molecule has 0 nitrogen and oxygen atoms in total. The van der Waals surface area contributed by atoms with Crippen LogP contribution in [0.1, 0.15) is 12.8 Å². The SMILES string of the molecule is FC(F)(F)C(F)(F)C(F)(F)C(F)(F)C(F)(F)C(F)(F)C(F)(F)C(F)(F)CC[Te][Te]CCC(F)(F)C(F)(F)C(F)(F)C(F)(F)C(F)(F)C(F)(F)C(F)(F)C(F)(F)F. The number of alkyl halides is 34. The van der Waals surface area contributed by atoms with Gasteiger partial charge in [-0.2, -0.15) is 0 Å². The van der Waals surface area contributed by atoms with Crippen molar-refractivity contribution in [3.05, 3.63) is 0 Å². The van der Waals surface area contributed by atoms with E-state index in [4.69, 9.17) is 0 Å². The number of rotatable bonds is 19. The van der Waals surface area contributed by atoms with Crippen molar-refractivity contribution in [2.24, 2.45) is 0 Å². The van der Waals surface area contributed by atoms with Gasteiger partial charge in [-0.1, -0.05) is 0 Å². The third-order valence-electron chi connectivity index (χ3n) is 6.66. The summed E-state index contributed by atoms with van der Waals surface area (Å²) in [6, 6.07) is 0. The third-order valence-corrected chi connectivity index (χ3v) is 18.8. The molecule has 0 aromatic rings. The summed E-state index contributed by atoms with van der Waals surface area (Å²) in [6.45, 7) is 0. The first-order valence-corrected chi connectivity index (χ1v) is 23.0. The van der Waals surface area contributed by atoms with Crippen LogP contribution in [-0.2, 0) is 0 Å². The molecule has 0 aliphatic carbocycles. The Labute approximate surface area is 300 Å². The molecule has 0 radical (unpaired) electrons. The summed E-state index contributed by atoms with van der Waals surface area (Å²) in [5.41, 5.74) is 0. The molecule has 0 atom stereocenters. The maximum atomic E-state index is 13.9. The molecule has 0 amide bonds. The molecule has 0 aliphatic heterocycles. The summed E-state index contributed by atoms with van der Waals surface area (Å²) >= 11 is -5.94. The summed E-state index contributed by atoms with van der Waals surface area (Å²) in [7, 11) is 0. The van der Waals surface area contributed by atoms with E-state index in [1.807, 2.05) is 0 Å². The van der Waals surface area contributed by atoms with Crippen LogP contribution in [0.4, 0.5) is 149 Å². The molecule has 0 heterocycles. The predicted octanol–water partition coefficient (Wildman–Crippen LogP) is 11.9. The second-order valence-electron chi connectivity index (χ2n) is 10.4. The minimum absolute atomic E-state index is 1.96. The standard InChI is InChI=1S/C20H8F34Te2/c21-5(22,7(25,26)9(29,30)11(33,34)13(37,38)15(41,42)17(45,46)19(49,50)51)1-3-55-56-4-2-6(23,24)8(27,28)10(31,32)12(35,36)14(39,40)16(43,44)18(47,48)20(52,53)54/h1-4H2. The van der Waals surface area contributed by atoms with Crippen molar-refractivity contribution in [1.82, 2.24) is 0 Å². The van der Waals surface area contributed by atoms with Crippen molar-refractivity contribution >= 4 is 34.1 Å². The van der Waals surface area contributed by atoms with E-state index in [1.54, 1.807) is 0 Å². The molecule has 0 saturated heterocycles. The fraction of sp³-hybridized carbons (Fsp3) is 1.00. The molecule has 0 saturated carbocycles. The van der Waals surface area contributed by atoms with Gasteiger partial charge in [0, 0.05) is 0 Å². The molecule has 36 heteroatoms. The van der Waals surface area contributed by atoms with E-state index in [0.29, 0.717) is 0 Å². The normalized spacial score (nSPS) is 16.8. The van der Waals surface area contributed by atoms with Crippen LogP contribution in [0.5, 0.6) is 0 Å². The van der Waals surface area contributed by atoms with Crippen LogP contribution in [0.2, 0.25) is 8.94 Å². The molecule has 0 N–H and O–H groups in total. The zero-order valence-corrected chi connectivity index (χ0v) is 29.2. The topological polar surface area (TPSA) is 0 Å². The van der Waals surface area contributed by atoms with Gasteiger partial charge in [0.25, 0.3) is 0 Å². The van der Waals surface area contributed by atoms with Crippen LogP contribution >= 0.6 is 0 Å². The van der Waals surface area contributed by atoms with Gasteiger partial charge >= 0.3 is 300 Å². The molecule has 0 rings (SSSR count). The summed E-state index contributed by atoms with van der Waals surface area (Å²) in [6.07, 6.45) is -22.3. The Morgan fingerprint density at radius 3 is 0.500 bits per heavy atom. The van der Waals surface area contributed by atoms with Crippen molar-refractivity contribution < 1.29 is 149 Å². The molecule has 56 heavy (non-hydrogen) atoms. The number of hydrogen-bond acceptors (Lipinski definition) is 0. The molecule has 0 bridgehead atoms. The van der Waals surface area contributed by atoms with Gasteiger partial charge < -0.3 is 0 Å². The van der Waals surface area contributed by atoms with E-state index in [9.17, 15) is 149 Å². The Morgan fingerprint density at radius 2 is 0.339 bits per heavy atom. The van der Waals surface area contributed by atoms with Crippen LogP contribution in [0.3, 0.4) is 0 Å². The monoisotopic (exact) mass is 1150 g/mol. The van der Waals surface area contributed by atoms with Gasteiger partial charge in [-0.15, -0.1) is 0 Å². The van der Waals surface area contributed by atoms with E-state index < -0.39 is 151 Å². The third kappa shape index (κ3) is 7.81. The second-order valence-corrected chi connectivity index (χ2v) is 23.1. The Morgan fingerprint density at radius 1 is 0.196 bits per heavy atom. The fourth-order valence-corrected chi connectivity index (χ4v) is 13.5. The summed E-state index contributed by atoms with van der Waals surface area (Å²) in [4.78, 5) is 0. The van der Waals surface area contributed by atoms with E-state index in [1.165, 1.54) is 0 Å². The Balaban J connectivity index is 6.14. The van der Waals surface area contributed by atoms with Gasteiger partial charge in [0.15, 0.2) is 0 Å². The van der Waals surface area contributed by atoms with E-state index in [2.05, 4.69) is 0 Å². The van der Waals surface area contributed by atoms with Crippen LogP contribution in [0.25, 0.3) is 0 Å². The van der Waals surface area contributed by atoms with Crippen LogP contribution in [-0.4, -0.2) is 129 Å². The molecule has 0 fully saturated rings. The molecule has 0 aliphatic rings. The molecule has 338 valence electrons. The van der Waals surface area contributed by atoms with Gasteiger partial charge in [0.2, 0.25) is 0 Å². The average molecular weight is 1150 g/mol. The zero-order chi connectivity index (χ0) is 46.2. The van der Waals surface area contributed by atoms with E-state index >= 15 is 0 Å². The number of halogens is 34. The van der Waals surface area contributed by atoms with Crippen molar-refractivity contribution in [2.45, 2.75) is 117 Å². The second kappa shape index (κ2) is 15.0. The summed E-state index contributed by atoms with van der Waals surface area (Å²) in [5.74, 6) is -118.